The molecule has 1 aromatic heterocycles. The van der Waals surface area contributed by atoms with E-state index >= 15 is 0 Å². The van der Waals surface area contributed by atoms with E-state index in [4.69, 9.17) is 4.74 Å². The monoisotopic (exact) mass is 264 g/mol. The topological polar surface area (TPSA) is 52.1 Å². The summed E-state index contributed by atoms with van der Waals surface area (Å²) in [5.41, 5.74) is -0.225. The number of hydrogen-bond donors (Lipinski definition) is 0. The third-order valence-electron chi connectivity index (χ3n) is 2.63. The first-order chi connectivity index (χ1) is 8.59. The first-order valence-corrected chi connectivity index (χ1v) is 6.59. The van der Waals surface area contributed by atoms with E-state index in [-0.39, 0.29) is 17.0 Å². The van der Waals surface area contributed by atoms with Gasteiger partial charge >= 0.3 is 0 Å². The molecule has 1 rings (SSSR count). The zero-order valence-corrected chi connectivity index (χ0v) is 12.8. The van der Waals surface area contributed by atoms with Gasteiger partial charge in [0.1, 0.15) is 0 Å². The molecule has 0 N–H and O–H groups in total. The average Bonchev–Trinajstić information content (AvgIpc) is 2.26. The molecule has 0 aliphatic carbocycles. The maximum Gasteiger partial charge on any atom is 0.205 e. The van der Waals surface area contributed by atoms with Gasteiger partial charge in [0.2, 0.25) is 5.78 Å². The molecule has 0 amide bonds. The van der Waals surface area contributed by atoms with E-state index in [9.17, 15) is 4.79 Å². The Labute approximate surface area is 115 Å². The van der Waals surface area contributed by atoms with E-state index in [2.05, 4.69) is 30.7 Å². The molecule has 0 radical (unpaired) electrons. The summed E-state index contributed by atoms with van der Waals surface area (Å²) in [5.74, 6) is 0.791. The minimum absolute atomic E-state index is 0.0614. The van der Waals surface area contributed by atoms with E-state index in [1.54, 1.807) is 12.4 Å². The van der Waals surface area contributed by atoms with E-state index in [1.807, 2.05) is 20.8 Å². The molecular weight excluding hydrogens is 240 g/mol. The van der Waals surface area contributed by atoms with Gasteiger partial charge in [-0.1, -0.05) is 41.5 Å². The van der Waals surface area contributed by atoms with E-state index in [0.29, 0.717) is 12.4 Å². The van der Waals surface area contributed by atoms with E-state index in [0.717, 1.165) is 6.42 Å². The van der Waals surface area contributed by atoms with Gasteiger partial charge in [0.25, 0.3) is 0 Å². The zero-order valence-electron chi connectivity index (χ0n) is 12.8. The van der Waals surface area contributed by atoms with Gasteiger partial charge in [-0.25, -0.2) is 9.97 Å². The third-order valence-corrected chi connectivity index (χ3v) is 2.63. The summed E-state index contributed by atoms with van der Waals surface area (Å²) in [4.78, 5) is 20.1. The summed E-state index contributed by atoms with van der Waals surface area (Å²) in [5, 5.41) is 0. The Morgan fingerprint density at radius 1 is 1.11 bits per heavy atom. The molecule has 0 spiro atoms. The number of rotatable bonds is 4. The van der Waals surface area contributed by atoms with Gasteiger partial charge in [0.05, 0.1) is 19.0 Å². The minimum Gasteiger partial charge on any atom is -0.490 e. The van der Waals surface area contributed by atoms with Crippen molar-refractivity contribution in [2.75, 3.05) is 6.61 Å². The first-order valence-electron chi connectivity index (χ1n) is 6.59. The van der Waals surface area contributed by atoms with Gasteiger partial charge < -0.3 is 4.74 Å². The Hall–Kier alpha value is -1.45. The van der Waals surface area contributed by atoms with Crippen LogP contribution in [0.5, 0.6) is 5.75 Å². The molecule has 19 heavy (non-hydrogen) atoms. The summed E-state index contributed by atoms with van der Waals surface area (Å²) < 4.78 is 5.57. The maximum absolute atomic E-state index is 12.0. The van der Waals surface area contributed by atoms with Gasteiger partial charge in [0.15, 0.2) is 11.6 Å². The van der Waals surface area contributed by atoms with Crippen molar-refractivity contribution in [2.45, 2.75) is 48.0 Å². The van der Waals surface area contributed by atoms with Crippen LogP contribution in [0.15, 0.2) is 12.4 Å². The van der Waals surface area contributed by atoms with Crippen molar-refractivity contribution in [1.29, 1.82) is 0 Å². The third kappa shape index (κ3) is 5.37. The Kier molecular flexibility index (Phi) is 4.66. The molecule has 0 atom stereocenters. The highest BCUT2D eigenvalue weighted by Crippen LogP contribution is 2.20. The van der Waals surface area contributed by atoms with Gasteiger partial charge in [-0.2, -0.15) is 0 Å². The van der Waals surface area contributed by atoms with E-state index in [1.165, 1.54) is 0 Å². The maximum atomic E-state index is 12.0. The van der Waals surface area contributed by atoms with Crippen molar-refractivity contribution >= 4 is 5.78 Å². The van der Waals surface area contributed by atoms with Crippen LogP contribution < -0.4 is 4.74 Å². The molecule has 4 nitrogen and oxygen atoms in total. The SMILES string of the molecule is CC(C)(C)CCOc1cnc(C(=O)C(C)(C)C)nc1. The summed E-state index contributed by atoms with van der Waals surface area (Å²) in [6.45, 7) is 12.7. The number of hydrogen-bond acceptors (Lipinski definition) is 4. The Balaban J connectivity index is 2.60. The zero-order chi connectivity index (χ0) is 14.7. The molecule has 1 aromatic rings. The average molecular weight is 264 g/mol. The van der Waals surface area contributed by atoms with E-state index < -0.39 is 5.41 Å². The highest BCUT2D eigenvalue weighted by atomic mass is 16.5. The molecular formula is C15H24N2O2. The van der Waals surface area contributed by atoms with Crippen LogP contribution in [-0.2, 0) is 0 Å². The largest absolute Gasteiger partial charge is 0.490 e. The Bertz CT molecular complexity index is 425. The molecule has 106 valence electrons. The highest BCUT2D eigenvalue weighted by Gasteiger charge is 2.25. The predicted octanol–water partition coefficient (Wildman–Crippen LogP) is 3.52. The van der Waals surface area contributed by atoms with Crippen molar-refractivity contribution < 1.29 is 9.53 Å². The normalized spacial score (nSPS) is 12.3. The highest BCUT2D eigenvalue weighted by molar-refractivity contribution is 5.96. The number of Topliss-reactive ketones (excluding diaryl/α,β-unsaturated/α-hetero) is 1. The van der Waals surface area contributed by atoms with Gasteiger partial charge in [-0.3, -0.25) is 4.79 Å². The first kappa shape index (κ1) is 15.6. The Morgan fingerprint density at radius 3 is 2.05 bits per heavy atom. The minimum atomic E-state index is -0.464. The van der Waals surface area contributed by atoms with Crippen LogP contribution in [0, 0.1) is 10.8 Å². The number of aromatic nitrogens is 2. The fourth-order valence-corrected chi connectivity index (χ4v) is 1.32. The number of carbonyl (C=O) groups excluding carboxylic acids is 1. The summed E-state index contributed by atoms with van der Waals surface area (Å²) >= 11 is 0. The second-order valence-electron chi connectivity index (χ2n) is 6.98. The van der Waals surface area contributed by atoms with Gasteiger partial charge in [-0.05, 0) is 11.8 Å². The van der Waals surface area contributed by atoms with Crippen LogP contribution in [0.1, 0.15) is 58.6 Å². The molecule has 0 saturated carbocycles. The summed E-state index contributed by atoms with van der Waals surface area (Å²) in [7, 11) is 0. The van der Waals surface area contributed by atoms with Gasteiger partial charge in [-0.15, -0.1) is 0 Å². The molecule has 0 unspecified atom stereocenters. The molecule has 0 aliphatic rings. The van der Waals surface area contributed by atoms with Gasteiger partial charge in [0, 0.05) is 5.41 Å². The Morgan fingerprint density at radius 2 is 1.63 bits per heavy atom. The quantitative estimate of drug-likeness (QED) is 0.781. The molecule has 0 aliphatic heterocycles. The second kappa shape index (κ2) is 5.68. The lowest BCUT2D eigenvalue weighted by molar-refractivity contribution is 0.0846. The number of ketones is 1. The van der Waals surface area contributed by atoms with Crippen LogP contribution in [0.3, 0.4) is 0 Å². The van der Waals surface area contributed by atoms with Crippen molar-refractivity contribution in [2.24, 2.45) is 10.8 Å². The summed E-state index contributed by atoms with van der Waals surface area (Å²) in [6, 6.07) is 0. The van der Waals surface area contributed by atoms with Crippen LogP contribution in [0.4, 0.5) is 0 Å². The smallest absolute Gasteiger partial charge is 0.205 e. The van der Waals surface area contributed by atoms with Crippen LogP contribution in [0.25, 0.3) is 0 Å². The molecule has 0 aromatic carbocycles. The molecule has 0 saturated heterocycles. The lowest BCUT2D eigenvalue weighted by Gasteiger charge is -2.18. The van der Waals surface area contributed by atoms with Crippen molar-refractivity contribution in [3.63, 3.8) is 0 Å². The molecule has 0 fully saturated rings. The van der Waals surface area contributed by atoms with Crippen LogP contribution in [0.2, 0.25) is 0 Å². The van der Waals surface area contributed by atoms with Crippen molar-refractivity contribution in [1.82, 2.24) is 9.97 Å². The predicted molar refractivity (Wildman–Crippen MR) is 75.4 cm³/mol. The summed E-state index contributed by atoms with van der Waals surface area (Å²) in [6.07, 6.45) is 4.08. The lowest BCUT2D eigenvalue weighted by Crippen LogP contribution is -2.22. The standard InChI is InChI=1S/C15H24N2O2/c1-14(2,3)7-8-19-11-9-16-13(17-10-11)12(18)15(4,5)6/h9-10H,7-8H2,1-6H3. The lowest BCUT2D eigenvalue weighted by atomic mass is 9.90. The number of nitrogens with zero attached hydrogens (tertiary/aromatic N) is 2. The number of carbonyl (C=O) groups is 1. The fourth-order valence-electron chi connectivity index (χ4n) is 1.32. The number of ether oxygens (including phenoxy) is 1. The van der Waals surface area contributed by atoms with Crippen molar-refractivity contribution in [3.8, 4) is 5.75 Å². The molecule has 4 heteroatoms. The second-order valence-corrected chi connectivity index (χ2v) is 6.98. The molecule has 0 bridgehead atoms. The van der Waals surface area contributed by atoms with Crippen molar-refractivity contribution in [3.05, 3.63) is 18.2 Å². The fraction of sp³-hybridized carbons (Fsp3) is 0.667. The van der Waals surface area contributed by atoms with Crippen LogP contribution >= 0.6 is 0 Å². The van der Waals surface area contributed by atoms with Crippen LogP contribution in [-0.4, -0.2) is 22.4 Å². The molecule has 1 heterocycles.